The molecule has 1 fully saturated rings. The Morgan fingerprint density at radius 3 is 2.05 bits per heavy atom. The zero-order chi connectivity index (χ0) is 26.3. The molecule has 3 aromatic carbocycles. The summed E-state index contributed by atoms with van der Waals surface area (Å²) in [7, 11) is 0. The Labute approximate surface area is 227 Å². The van der Waals surface area contributed by atoms with Gasteiger partial charge in [0.2, 0.25) is 0 Å². The monoisotopic (exact) mass is 518 g/mol. The third-order valence-electron chi connectivity index (χ3n) is 7.52. The Morgan fingerprint density at radius 1 is 0.892 bits per heavy atom. The number of piperazine rings is 1. The van der Waals surface area contributed by atoms with E-state index in [1.54, 1.807) is 0 Å². The van der Waals surface area contributed by atoms with E-state index in [2.05, 4.69) is 65.3 Å². The van der Waals surface area contributed by atoms with E-state index in [0.29, 0.717) is 0 Å². The highest BCUT2D eigenvalue weighted by molar-refractivity contribution is 6.30. The van der Waals surface area contributed by atoms with Crippen molar-refractivity contribution < 1.29 is 9.53 Å². The minimum Gasteiger partial charge on any atom is -0.462 e. The Hall–Kier alpha value is -2.82. The first-order chi connectivity index (χ1) is 17.9. The zero-order valence-corrected chi connectivity index (χ0v) is 23.1. The molecular weight excluding hydrogens is 480 g/mol. The summed E-state index contributed by atoms with van der Waals surface area (Å²) in [6, 6.07) is 27.0. The lowest BCUT2D eigenvalue weighted by Gasteiger charge is -2.37. The van der Waals surface area contributed by atoms with Gasteiger partial charge in [0.05, 0.1) is 11.5 Å². The molecule has 4 nitrogen and oxygen atoms in total. The normalized spacial score (nSPS) is 16.0. The van der Waals surface area contributed by atoms with Gasteiger partial charge < -0.3 is 9.64 Å². The van der Waals surface area contributed by atoms with Gasteiger partial charge in [0.15, 0.2) is 0 Å². The summed E-state index contributed by atoms with van der Waals surface area (Å²) in [6.07, 6.45) is 2.38. The van der Waals surface area contributed by atoms with E-state index in [9.17, 15) is 4.79 Å². The molecule has 0 bridgehead atoms. The maximum absolute atomic E-state index is 13.3. The van der Waals surface area contributed by atoms with E-state index < -0.39 is 5.41 Å². The summed E-state index contributed by atoms with van der Waals surface area (Å²) in [6.45, 7) is 11.0. The third-order valence-corrected chi connectivity index (χ3v) is 7.78. The molecule has 0 radical (unpaired) electrons. The van der Waals surface area contributed by atoms with Crippen LogP contribution in [0.3, 0.4) is 0 Å². The predicted octanol–water partition coefficient (Wildman–Crippen LogP) is 7.21. The fourth-order valence-electron chi connectivity index (χ4n) is 5.31. The number of nitrogens with zero attached hydrogens (tertiary/aromatic N) is 2. The van der Waals surface area contributed by atoms with E-state index >= 15 is 0 Å². The highest BCUT2D eigenvalue weighted by Gasteiger charge is 2.40. The molecule has 1 aliphatic rings. The van der Waals surface area contributed by atoms with Crippen LogP contribution in [0, 0.1) is 0 Å². The van der Waals surface area contributed by atoms with Gasteiger partial charge in [-0.1, -0.05) is 73.1 Å². The third kappa shape index (κ3) is 6.74. The lowest BCUT2D eigenvalue weighted by Crippen LogP contribution is -2.47. The van der Waals surface area contributed by atoms with E-state index in [4.69, 9.17) is 16.3 Å². The molecule has 1 saturated heterocycles. The predicted molar refractivity (Wildman–Crippen MR) is 154 cm³/mol. The van der Waals surface area contributed by atoms with Gasteiger partial charge in [-0.15, -0.1) is 0 Å². The maximum Gasteiger partial charge on any atom is 0.316 e. The molecule has 1 aliphatic heterocycles. The Morgan fingerprint density at radius 2 is 1.49 bits per heavy atom. The van der Waals surface area contributed by atoms with Crippen molar-refractivity contribution in [3.05, 3.63) is 89.4 Å². The van der Waals surface area contributed by atoms with E-state index in [1.807, 2.05) is 44.2 Å². The van der Waals surface area contributed by atoms with Crippen LogP contribution in [-0.2, 0) is 14.9 Å². The number of hydrogen-bond acceptors (Lipinski definition) is 4. The fraction of sp³-hybridized carbons (Fsp3) is 0.406. The van der Waals surface area contributed by atoms with Gasteiger partial charge in [0.25, 0.3) is 0 Å². The van der Waals surface area contributed by atoms with Gasteiger partial charge in [0, 0.05) is 36.9 Å². The molecule has 0 N–H and O–H groups in total. The molecule has 5 heteroatoms. The van der Waals surface area contributed by atoms with Crippen LogP contribution in [0.4, 0.5) is 5.69 Å². The molecule has 1 unspecified atom stereocenters. The molecule has 0 aliphatic carbocycles. The van der Waals surface area contributed by atoms with E-state index in [0.717, 1.165) is 62.6 Å². The summed E-state index contributed by atoms with van der Waals surface area (Å²) < 4.78 is 5.74. The average Bonchev–Trinajstić information content (AvgIpc) is 2.92. The number of carbonyl (C=O) groups excluding carboxylic acids is 1. The second-order valence-electron chi connectivity index (χ2n) is 10.2. The SMILES string of the molecule is CCC(CCCN1CCN(c2ccc(-c3ccc(Cl)cc3)cc2)CC1)(C(=O)OC(C)C)c1ccccc1. The summed E-state index contributed by atoms with van der Waals surface area (Å²) in [5.74, 6) is -0.0944. The van der Waals surface area contributed by atoms with Crippen molar-refractivity contribution in [3.63, 3.8) is 0 Å². The standard InChI is InChI=1S/C32H39ClN2O2/c1-4-32(31(36)37-25(2)3,28-9-6-5-7-10-28)19-8-20-34-21-23-35(24-22-34)30-17-13-27(14-18-30)26-11-15-29(33)16-12-26/h5-7,9-18,25H,4,8,19-24H2,1-3H3. The molecule has 4 rings (SSSR count). The Balaban J connectivity index is 1.32. The van der Waals surface area contributed by atoms with Crippen LogP contribution in [0.25, 0.3) is 11.1 Å². The van der Waals surface area contributed by atoms with Gasteiger partial charge in [-0.05, 0) is 80.6 Å². The van der Waals surface area contributed by atoms with Gasteiger partial charge in [-0.25, -0.2) is 0 Å². The first kappa shape index (κ1) is 27.2. The average molecular weight is 519 g/mol. The van der Waals surface area contributed by atoms with Crippen molar-refractivity contribution in [2.75, 3.05) is 37.6 Å². The summed E-state index contributed by atoms with van der Waals surface area (Å²) in [5, 5.41) is 0.759. The Kier molecular flexibility index (Phi) is 9.28. The molecule has 0 spiro atoms. The number of carbonyl (C=O) groups is 1. The molecule has 196 valence electrons. The van der Waals surface area contributed by atoms with Crippen molar-refractivity contribution in [1.29, 1.82) is 0 Å². The minimum atomic E-state index is -0.584. The Bertz CT molecular complexity index is 1120. The summed E-state index contributed by atoms with van der Waals surface area (Å²) >= 11 is 6.03. The van der Waals surface area contributed by atoms with Crippen LogP contribution in [-0.4, -0.2) is 49.7 Å². The molecule has 1 atom stereocenters. The summed E-state index contributed by atoms with van der Waals surface area (Å²) in [4.78, 5) is 18.3. The van der Waals surface area contributed by atoms with Crippen molar-refractivity contribution in [2.45, 2.75) is 51.6 Å². The number of rotatable bonds is 10. The van der Waals surface area contributed by atoms with E-state index in [-0.39, 0.29) is 12.1 Å². The quantitative estimate of drug-likeness (QED) is 0.265. The number of anilines is 1. The highest BCUT2D eigenvalue weighted by atomic mass is 35.5. The highest BCUT2D eigenvalue weighted by Crippen LogP contribution is 2.35. The number of esters is 1. The molecule has 37 heavy (non-hydrogen) atoms. The molecule has 0 saturated carbocycles. The van der Waals surface area contributed by atoms with Crippen LogP contribution in [0.2, 0.25) is 5.02 Å². The molecule has 0 aromatic heterocycles. The first-order valence-corrected chi connectivity index (χ1v) is 13.9. The number of ether oxygens (including phenoxy) is 1. The first-order valence-electron chi connectivity index (χ1n) is 13.5. The smallest absolute Gasteiger partial charge is 0.316 e. The van der Waals surface area contributed by atoms with Gasteiger partial charge in [0.1, 0.15) is 0 Å². The van der Waals surface area contributed by atoms with Crippen LogP contribution in [0.15, 0.2) is 78.9 Å². The zero-order valence-electron chi connectivity index (χ0n) is 22.3. The van der Waals surface area contributed by atoms with Gasteiger partial charge in [-0.3, -0.25) is 9.69 Å². The number of halogens is 1. The fourth-order valence-corrected chi connectivity index (χ4v) is 5.44. The van der Waals surface area contributed by atoms with E-state index in [1.165, 1.54) is 16.8 Å². The van der Waals surface area contributed by atoms with Crippen molar-refractivity contribution in [3.8, 4) is 11.1 Å². The molecule has 3 aromatic rings. The number of hydrogen-bond donors (Lipinski definition) is 0. The summed E-state index contributed by atoms with van der Waals surface area (Å²) in [5.41, 5.74) is 4.13. The topological polar surface area (TPSA) is 32.8 Å². The van der Waals surface area contributed by atoms with Crippen LogP contribution in [0.5, 0.6) is 0 Å². The second kappa shape index (κ2) is 12.6. The molecule has 0 amide bonds. The van der Waals surface area contributed by atoms with Crippen LogP contribution >= 0.6 is 11.6 Å². The lowest BCUT2D eigenvalue weighted by atomic mass is 9.74. The maximum atomic E-state index is 13.3. The lowest BCUT2D eigenvalue weighted by molar-refractivity contribution is -0.155. The molecule has 1 heterocycles. The van der Waals surface area contributed by atoms with Gasteiger partial charge in [-0.2, -0.15) is 0 Å². The van der Waals surface area contributed by atoms with Crippen molar-refractivity contribution in [2.24, 2.45) is 0 Å². The molecular formula is C32H39ClN2O2. The largest absolute Gasteiger partial charge is 0.462 e. The van der Waals surface area contributed by atoms with Crippen LogP contribution < -0.4 is 4.90 Å². The van der Waals surface area contributed by atoms with Crippen LogP contribution in [0.1, 0.15) is 45.6 Å². The number of benzene rings is 3. The van der Waals surface area contributed by atoms with Crippen molar-refractivity contribution in [1.82, 2.24) is 4.90 Å². The van der Waals surface area contributed by atoms with Gasteiger partial charge >= 0.3 is 5.97 Å². The minimum absolute atomic E-state index is 0.0944. The second-order valence-corrected chi connectivity index (χ2v) is 10.7. The van der Waals surface area contributed by atoms with Crippen molar-refractivity contribution >= 4 is 23.3 Å².